The number of primary amides is 1. The van der Waals surface area contributed by atoms with Gasteiger partial charge in [-0.3, -0.25) is 19.2 Å². The van der Waals surface area contributed by atoms with Crippen molar-refractivity contribution in [3.63, 3.8) is 0 Å². The summed E-state index contributed by atoms with van der Waals surface area (Å²) in [6.45, 7) is 0. The van der Waals surface area contributed by atoms with Crippen molar-refractivity contribution in [2.24, 2.45) is 17.6 Å². The summed E-state index contributed by atoms with van der Waals surface area (Å²) < 4.78 is 0. The highest BCUT2D eigenvalue weighted by Crippen LogP contribution is 2.47. The number of aliphatic hydroxyl groups is 1. The molecule has 4 atom stereocenters. The predicted molar refractivity (Wildman–Crippen MR) is 95.2 cm³/mol. The highest BCUT2D eigenvalue weighted by molar-refractivity contribution is 6.33. The van der Waals surface area contributed by atoms with Gasteiger partial charge in [-0.15, -0.1) is 0 Å². The molecule has 0 aliphatic heterocycles. The maximum absolute atomic E-state index is 13.2. The molecular formula is C19H16N2O8. The van der Waals surface area contributed by atoms with E-state index in [0.717, 1.165) is 0 Å². The van der Waals surface area contributed by atoms with Crippen molar-refractivity contribution in [2.45, 2.75) is 18.1 Å². The van der Waals surface area contributed by atoms with Gasteiger partial charge in [-0.2, -0.15) is 5.48 Å². The zero-order valence-corrected chi connectivity index (χ0v) is 14.7. The number of benzene rings is 2. The van der Waals surface area contributed by atoms with Crippen LogP contribution in [0.25, 0.3) is 10.8 Å². The number of nitrogens with two attached hydrogens (primary N) is 1. The second-order valence-corrected chi connectivity index (χ2v) is 7.25. The van der Waals surface area contributed by atoms with Crippen molar-refractivity contribution in [3.8, 4) is 11.5 Å². The number of phenols is 2. The molecule has 2 unspecified atom stereocenters. The molecule has 0 radical (unpaired) electrons. The Hall–Kier alpha value is -3.34. The number of hydroxylamine groups is 1. The van der Waals surface area contributed by atoms with E-state index < -0.39 is 58.0 Å². The van der Waals surface area contributed by atoms with E-state index in [1.807, 2.05) is 0 Å². The number of ketones is 3. The zero-order chi connectivity index (χ0) is 21.2. The van der Waals surface area contributed by atoms with Crippen LogP contribution in [0.4, 0.5) is 0 Å². The predicted octanol–water partition coefficient (Wildman–Crippen LogP) is -1.06. The molecule has 10 nitrogen and oxygen atoms in total. The van der Waals surface area contributed by atoms with Crippen LogP contribution in [0.1, 0.15) is 15.9 Å². The van der Waals surface area contributed by atoms with Gasteiger partial charge in [-0.1, -0.05) is 18.2 Å². The van der Waals surface area contributed by atoms with Crippen LogP contribution in [0.3, 0.4) is 0 Å². The Morgan fingerprint density at radius 2 is 1.90 bits per heavy atom. The summed E-state index contributed by atoms with van der Waals surface area (Å²) in [5.41, 5.74) is 3.71. The minimum absolute atomic E-state index is 0.0516. The molecule has 0 spiro atoms. The second kappa shape index (κ2) is 6.08. The first-order valence-corrected chi connectivity index (χ1v) is 8.65. The highest BCUT2D eigenvalue weighted by atomic mass is 16.5. The number of amides is 1. The molecule has 29 heavy (non-hydrogen) atoms. The molecule has 1 fully saturated rings. The van der Waals surface area contributed by atoms with Crippen molar-refractivity contribution in [3.05, 3.63) is 35.4 Å². The second-order valence-electron chi connectivity index (χ2n) is 7.25. The number of nitrogens with one attached hydrogen (secondary N) is 1. The summed E-state index contributed by atoms with van der Waals surface area (Å²) in [5, 5.41) is 41.6. The van der Waals surface area contributed by atoms with Crippen LogP contribution in [0, 0.1) is 11.8 Å². The van der Waals surface area contributed by atoms with E-state index in [2.05, 4.69) is 0 Å². The molecule has 0 aromatic heterocycles. The number of phenolic OH excluding ortho intramolecular Hbond substituents is 2. The zero-order valence-electron chi connectivity index (χ0n) is 14.7. The Bertz CT molecular complexity index is 1130. The van der Waals surface area contributed by atoms with Crippen LogP contribution in [0.2, 0.25) is 0 Å². The molecule has 1 saturated carbocycles. The number of carbonyl (C=O) groups excluding carboxylic acids is 4. The Morgan fingerprint density at radius 3 is 2.52 bits per heavy atom. The lowest BCUT2D eigenvalue weighted by molar-refractivity contribution is -0.162. The van der Waals surface area contributed by atoms with E-state index in [1.165, 1.54) is 18.2 Å². The van der Waals surface area contributed by atoms with E-state index in [0.29, 0.717) is 5.39 Å². The number of hydrogen-bond donors (Lipinski definition) is 6. The number of aromatic hydroxyl groups is 2. The first-order chi connectivity index (χ1) is 13.6. The van der Waals surface area contributed by atoms with Crippen molar-refractivity contribution in [1.82, 2.24) is 5.48 Å². The van der Waals surface area contributed by atoms with Gasteiger partial charge in [0.1, 0.15) is 11.5 Å². The highest BCUT2D eigenvalue weighted by Gasteiger charge is 2.65. The third-order valence-electron chi connectivity index (χ3n) is 5.80. The van der Waals surface area contributed by atoms with Crippen LogP contribution >= 0.6 is 0 Å². The van der Waals surface area contributed by atoms with Crippen molar-refractivity contribution < 1.29 is 39.7 Å². The summed E-state index contributed by atoms with van der Waals surface area (Å²) >= 11 is 0. The number of hydrogen-bond acceptors (Lipinski definition) is 9. The number of fused-ring (bicyclic) bond motifs is 3. The fraction of sp³-hybridized carbons (Fsp3) is 0.263. The minimum atomic E-state index is -2.88. The van der Waals surface area contributed by atoms with Gasteiger partial charge < -0.3 is 26.3 Å². The van der Waals surface area contributed by atoms with Crippen molar-refractivity contribution in [1.29, 1.82) is 0 Å². The normalized spacial score (nSPS) is 28.9. The number of Topliss-reactive ketones (excluding diaryl/α,β-unsaturated/α-hetero) is 3. The third kappa shape index (κ3) is 2.27. The Morgan fingerprint density at radius 1 is 1.21 bits per heavy atom. The van der Waals surface area contributed by atoms with Crippen LogP contribution in [0.5, 0.6) is 11.5 Å². The summed E-state index contributed by atoms with van der Waals surface area (Å²) in [7, 11) is 0. The SMILES string of the molecule is NC(=O)C1C(=O)C(NO)[C@@H]2Cc3cc4cccc(O)c4c(O)c3C(=O)[C@]2(O)C1=O. The first-order valence-electron chi connectivity index (χ1n) is 8.65. The lowest BCUT2D eigenvalue weighted by atomic mass is 9.58. The fourth-order valence-corrected chi connectivity index (χ4v) is 4.43. The van der Waals surface area contributed by atoms with E-state index in [-0.39, 0.29) is 23.1 Å². The van der Waals surface area contributed by atoms with Crippen LogP contribution in [-0.4, -0.2) is 55.4 Å². The molecule has 10 heteroatoms. The lowest BCUT2D eigenvalue weighted by Crippen LogP contribution is -2.71. The molecule has 7 N–H and O–H groups in total. The number of rotatable bonds is 2. The van der Waals surface area contributed by atoms with Crippen LogP contribution in [0.15, 0.2) is 24.3 Å². The molecule has 0 bridgehead atoms. The maximum Gasteiger partial charge on any atom is 0.235 e. The van der Waals surface area contributed by atoms with E-state index >= 15 is 0 Å². The molecular weight excluding hydrogens is 384 g/mol. The lowest BCUT2D eigenvalue weighted by Gasteiger charge is -2.46. The van der Waals surface area contributed by atoms with Crippen molar-refractivity contribution in [2.75, 3.05) is 0 Å². The molecule has 1 amide bonds. The number of carbonyl (C=O) groups is 4. The molecule has 2 aromatic carbocycles. The van der Waals surface area contributed by atoms with Gasteiger partial charge in [0.15, 0.2) is 23.1 Å². The Balaban J connectivity index is 2.00. The van der Waals surface area contributed by atoms with Gasteiger partial charge in [0.05, 0.1) is 17.0 Å². The van der Waals surface area contributed by atoms with Gasteiger partial charge in [-0.25, -0.2) is 0 Å². The Kier molecular flexibility index (Phi) is 3.98. The van der Waals surface area contributed by atoms with E-state index in [1.54, 1.807) is 11.5 Å². The average molecular weight is 400 g/mol. The van der Waals surface area contributed by atoms with Crippen LogP contribution < -0.4 is 11.2 Å². The molecule has 0 heterocycles. The van der Waals surface area contributed by atoms with Crippen molar-refractivity contribution >= 4 is 34.0 Å². The van der Waals surface area contributed by atoms with Gasteiger partial charge >= 0.3 is 0 Å². The van der Waals surface area contributed by atoms with Gasteiger partial charge in [0, 0.05) is 5.92 Å². The summed E-state index contributed by atoms with van der Waals surface area (Å²) in [5.74, 6) is -9.60. The minimum Gasteiger partial charge on any atom is -0.507 e. The quantitative estimate of drug-likeness (QED) is 0.270. The molecule has 2 aliphatic rings. The third-order valence-corrected chi connectivity index (χ3v) is 5.80. The molecule has 4 rings (SSSR count). The summed E-state index contributed by atoms with van der Waals surface area (Å²) in [4.78, 5) is 50.2. The summed E-state index contributed by atoms with van der Waals surface area (Å²) in [6.07, 6.45) is -0.252. The van der Waals surface area contributed by atoms with Crippen LogP contribution in [-0.2, 0) is 20.8 Å². The largest absolute Gasteiger partial charge is 0.507 e. The van der Waals surface area contributed by atoms with Gasteiger partial charge in [0.25, 0.3) is 0 Å². The maximum atomic E-state index is 13.2. The molecule has 0 saturated heterocycles. The smallest absolute Gasteiger partial charge is 0.235 e. The molecule has 2 aromatic rings. The average Bonchev–Trinajstić information content (AvgIpc) is 2.65. The van der Waals surface area contributed by atoms with Gasteiger partial charge in [0.2, 0.25) is 11.7 Å². The monoisotopic (exact) mass is 400 g/mol. The van der Waals surface area contributed by atoms with Gasteiger partial charge in [-0.05, 0) is 23.4 Å². The summed E-state index contributed by atoms with van der Waals surface area (Å²) in [6, 6.07) is 4.24. The topological polar surface area (TPSA) is 187 Å². The van der Waals surface area contributed by atoms with E-state index in [9.17, 15) is 39.7 Å². The Labute approximate surface area is 162 Å². The van der Waals surface area contributed by atoms with E-state index in [4.69, 9.17) is 5.73 Å². The molecule has 150 valence electrons. The standard InChI is InChI=1S/C19H16N2O8/c20-18(27)12-15(24)13(21-29)8-5-7-4-6-2-1-3-9(22)10(6)14(23)11(7)16(25)19(8,28)17(12)26/h1-4,8,12-13,21-23,28-29H,5H2,(H2,20,27)/t8-,12?,13?,19-/m0/s1. The first kappa shape index (κ1) is 19.0. The molecule has 2 aliphatic carbocycles. The fourth-order valence-electron chi connectivity index (χ4n) is 4.43.